The van der Waals surface area contributed by atoms with Crippen LogP contribution >= 0.6 is 0 Å². The van der Waals surface area contributed by atoms with Crippen molar-refractivity contribution in [3.05, 3.63) is 78.3 Å². The molecule has 0 aliphatic carbocycles. The molecule has 0 spiro atoms. The standard InChI is InChI=1S/C24H27N3O5/c1-2-30-13-14-32-21-6-3-5-20(15-21)27-23(28)17-25-19-10-8-18(9-11-19)24(29)26-16-22-7-4-12-31-22/h3-12,15,25H,2,13-14,16-17H2,1H3,(H,26,29)(H,27,28). The summed E-state index contributed by atoms with van der Waals surface area (Å²) in [5, 5.41) is 8.66. The van der Waals surface area contributed by atoms with Crippen LogP contribution in [0.4, 0.5) is 11.4 Å². The van der Waals surface area contributed by atoms with Gasteiger partial charge in [-0.05, 0) is 55.5 Å². The molecule has 8 nitrogen and oxygen atoms in total. The normalized spacial score (nSPS) is 10.4. The number of benzene rings is 2. The van der Waals surface area contributed by atoms with Gasteiger partial charge in [-0.3, -0.25) is 9.59 Å². The van der Waals surface area contributed by atoms with Gasteiger partial charge in [0.25, 0.3) is 5.91 Å². The second kappa shape index (κ2) is 12.2. The van der Waals surface area contributed by atoms with Crippen molar-refractivity contribution in [2.24, 2.45) is 0 Å². The molecule has 168 valence electrons. The number of hydrogen-bond acceptors (Lipinski definition) is 6. The first-order valence-electron chi connectivity index (χ1n) is 10.4. The van der Waals surface area contributed by atoms with Crippen LogP contribution in [0.25, 0.3) is 0 Å². The zero-order chi connectivity index (χ0) is 22.6. The number of carbonyl (C=O) groups is 2. The summed E-state index contributed by atoms with van der Waals surface area (Å²) < 4.78 is 16.0. The lowest BCUT2D eigenvalue weighted by Crippen LogP contribution is -2.23. The molecular weight excluding hydrogens is 410 g/mol. The third-order valence-electron chi connectivity index (χ3n) is 4.42. The number of furan rings is 1. The van der Waals surface area contributed by atoms with Crippen molar-refractivity contribution in [1.82, 2.24) is 5.32 Å². The largest absolute Gasteiger partial charge is 0.491 e. The van der Waals surface area contributed by atoms with E-state index in [0.717, 1.165) is 5.69 Å². The molecule has 0 saturated heterocycles. The van der Waals surface area contributed by atoms with Crippen LogP contribution in [0, 0.1) is 0 Å². The predicted octanol–water partition coefficient (Wildman–Crippen LogP) is 3.68. The molecule has 32 heavy (non-hydrogen) atoms. The molecular formula is C24H27N3O5. The number of nitrogens with one attached hydrogen (secondary N) is 3. The van der Waals surface area contributed by atoms with Crippen LogP contribution in [0.2, 0.25) is 0 Å². The van der Waals surface area contributed by atoms with E-state index in [0.29, 0.717) is 49.1 Å². The highest BCUT2D eigenvalue weighted by atomic mass is 16.5. The van der Waals surface area contributed by atoms with Gasteiger partial charge in [0.05, 0.1) is 26.0 Å². The maximum Gasteiger partial charge on any atom is 0.251 e. The van der Waals surface area contributed by atoms with Crippen LogP contribution in [0.15, 0.2) is 71.3 Å². The van der Waals surface area contributed by atoms with E-state index in [1.807, 2.05) is 19.1 Å². The lowest BCUT2D eigenvalue weighted by molar-refractivity contribution is -0.114. The molecule has 3 N–H and O–H groups in total. The number of hydrogen-bond donors (Lipinski definition) is 3. The maximum atomic E-state index is 12.3. The number of amides is 2. The van der Waals surface area contributed by atoms with E-state index < -0.39 is 0 Å². The molecule has 0 saturated carbocycles. The van der Waals surface area contributed by atoms with Crippen LogP contribution in [0.5, 0.6) is 5.75 Å². The van der Waals surface area contributed by atoms with Gasteiger partial charge in [-0.1, -0.05) is 6.07 Å². The Balaban J connectivity index is 1.42. The monoisotopic (exact) mass is 437 g/mol. The van der Waals surface area contributed by atoms with Crippen molar-refractivity contribution in [3.63, 3.8) is 0 Å². The third-order valence-corrected chi connectivity index (χ3v) is 4.42. The Hall–Kier alpha value is -3.78. The molecule has 1 heterocycles. The molecule has 0 unspecified atom stereocenters. The van der Waals surface area contributed by atoms with Gasteiger partial charge in [0.2, 0.25) is 5.91 Å². The molecule has 0 atom stereocenters. The third kappa shape index (κ3) is 7.48. The van der Waals surface area contributed by atoms with Crippen LogP contribution in [-0.2, 0) is 16.1 Å². The van der Waals surface area contributed by atoms with Gasteiger partial charge in [0.15, 0.2) is 0 Å². The van der Waals surface area contributed by atoms with Crippen LogP contribution in [0.1, 0.15) is 23.0 Å². The molecule has 3 rings (SSSR count). The number of carbonyl (C=O) groups excluding carboxylic acids is 2. The van der Waals surface area contributed by atoms with Crippen molar-refractivity contribution < 1.29 is 23.5 Å². The highest BCUT2D eigenvalue weighted by molar-refractivity contribution is 5.95. The summed E-state index contributed by atoms with van der Waals surface area (Å²) in [6.07, 6.45) is 1.56. The Bertz CT molecular complexity index is 987. The van der Waals surface area contributed by atoms with Crippen LogP contribution < -0.4 is 20.7 Å². The Morgan fingerprint density at radius 2 is 1.81 bits per heavy atom. The van der Waals surface area contributed by atoms with Crippen LogP contribution in [-0.4, -0.2) is 38.2 Å². The zero-order valence-corrected chi connectivity index (χ0v) is 17.9. The van der Waals surface area contributed by atoms with E-state index in [1.54, 1.807) is 54.8 Å². The fourth-order valence-electron chi connectivity index (χ4n) is 2.84. The maximum absolute atomic E-state index is 12.3. The van der Waals surface area contributed by atoms with Gasteiger partial charge in [0.1, 0.15) is 18.1 Å². The first-order valence-corrected chi connectivity index (χ1v) is 10.4. The SMILES string of the molecule is CCOCCOc1cccc(NC(=O)CNc2ccc(C(=O)NCc3ccco3)cc2)c1. The van der Waals surface area contributed by atoms with E-state index in [9.17, 15) is 9.59 Å². The van der Waals surface area contributed by atoms with E-state index in [-0.39, 0.29) is 18.4 Å². The van der Waals surface area contributed by atoms with E-state index in [1.165, 1.54) is 0 Å². The average Bonchev–Trinajstić information content (AvgIpc) is 3.33. The van der Waals surface area contributed by atoms with Crippen molar-refractivity contribution in [1.29, 1.82) is 0 Å². The first-order chi connectivity index (χ1) is 15.6. The summed E-state index contributed by atoms with van der Waals surface area (Å²) in [6.45, 7) is 3.95. The minimum atomic E-state index is -0.200. The summed E-state index contributed by atoms with van der Waals surface area (Å²) in [4.78, 5) is 24.5. The molecule has 8 heteroatoms. The topological polar surface area (TPSA) is 102 Å². The second-order valence-electron chi connectivity index (χ2n) is 6.81. The highest BCUT2D eigenvalue weighted by Crippen LogP contribution is 2.17. The number of rotatable bonds is 12. The lowest BCUT2D eigenvalue weighted by atomic mass is 10.2. The van der Waals surface area contributed by atoms with Gasteiger partial charge < -0.3 is 29.8 Å². The molecule has 3 aromatic rings. The molecule has 2 aromatic carbocycles. The van der Waals surface area contributed by atoms with E-state index >= 15 is 0 Å². The quantitative estimate of drug-likeness (QED) is 0.374. The molecule has 0 fully saturated rings. The van der Waals surface area contributed by atoms with E-state index in [4.69, 9.17) is 13.9 Å². The molecule has 2 amide bonds. The van der Waals surface area contributed by atoms with Gasteiger partial charge in [-0.2, -0.15) is 0 Å². The lowest BCUT2D eigenvalue weighted by Gasteiger charge is -2.10. The Morgan fingerprint density at radius 3 is 2.56 bits per heavy atom. The fourth-order valence-corrected chi connectivity index (χ4v) is 2.84. The molecule has 0 aliphatic rings. The Kier molecular flexibility index (Phi) is 8.70. The Labute approximate surface area is 186 Å². The summed E-state index contributed by atoms with van der Waals surface area (Å²) in [6, 6.07) is 17.7. The summed E-state index contributed by atoms with van der Waals surface area (Å²) in [5.74, 6) is 0.951. The molecule has 0 bridgehead atoms. The Morgan fingerprint density at radius 1 is 0.969 bits per heavy atom. The van der Waals surface area contributed by atoms with Gasteiger partial charge in [0, 0.05) is 29.6 Å². The van der Waals surface area contributed by atoms with Crippen molar-refractivity contribution >= 4 is 23.2 Å². The molecule has 0 radical (unpaired) electrons. The van der Waals surface area contributed by atoms with Crippen molar-refractivity contribution in [2.45, 2.75) is 13.5 Å². The first kappa shape index (κ1) is 22.9. The van der Waals surface area contributed by atoms with Crippen molar-refractivity contribution in [3.8, 4) is 5.75 Å². The summed E-state index contributed by atoms with van der Waals surface area (Å²) in [7, 11) is 0. The smallest absolute Gasteiger partial charge is 0.251 e. The van der Waals surface area contributed by atoms with Gasteiger partial charge in [-0.15, -0.1) is 0 Å². The minimum absolute atomic E-state index is 0.0828. The fraction of sp³-hybridized carbons (Fsp3) is 0.250. The second-order valence-corrected chi connectivity index (χ2v) is 6.81. The summed E-state index contributed by atoms with van der Waals surface area (Å²) >= 11 is 0. The predicted molar refractivity (Wildman–Crippen MR) is 122 cm³/mol. The van der Waals surface area contributed by atoms with Gasteiger partial charge in [-0.25, -0.2) is 0 Å². The minimum Gasteiger partial charge on any atom is -0.491 e. The van der Waals surface area contributed by atoms with Gasteiger partial charge >= 0.3 is 0 Å². The molecule has 0 aliphatic heterocycles. The summed E-state index contributed by atoms with van der Waals surface area (Å²) in [5.41, 5.74) is 1.90. The zero-order valence-electron chi connectivity index (χ0n) is 17.9. The van der Waals surface area contributed by atoms with Crippen LogP contribution in [0.3, 0.4) is 0 Å². The molecule has 1 aromatic heterocycles. The highest BCUT2D eigenvalue weighted by Gasteiger charge is 2.07. The number of anilines is 2. The van der Waals surface area contributed by atoms with Crippen molar-refractivity contribution in [2.75, 3.05) is 37.0 Å². The average molecular weight is 437 g/mol. The number of ether oxygens (including phenoxy) is 2. The van der Waals surface area contributed by atoms with E-state index in [2.05, 4.69) is 16.0 Å².